The molecular weight excluding hydrogens is 467 g/mol. The first kappa shape index (κ1) is 28.9. The molecule has 3 amide bonds. The highest BCUT2D eigenvalue weighted by molar-refractivity contribution is 7.90. The van der Waals surface area contributed by atoms with Crippen molar-refractivity contribution in [1.29, 1.82) is 5.41 Å². The second-order valence-corrected chi connectivity index (χ2v) is 10.4. The van der Waals surface area contributed by atoms with Crippen LogP contribution in [0.1, 0.15) is 38.7 Å². The molecule has 1 aromatic carbocycles. The standard InChI is InChI=1S/C22H31FN4O6S/c1-14(2)20(29)26-19(10-11-34(3,32)33)22(31)27-18(9-8-17(28)12-24)21(30)25-13-15-4-6-16(23)7-5-15/h4-7,12,14,18-19,24H,8-11,13H2,1-3H3,(H,25,30)(H,26,29)(H,27,31)/t18-,19-/m0/s1. The van der Waals surface area contributed by atoms with Gasteiger partial charge in [-0.2, -0.15) is 0 Å². The molecule has 0 radical (unpaired) electrons. The molecule has 0 aliphatic rings. The predicted octanol–water partition coefficient (Wildman–Crippen LogP) is 0.501. The first-order valence-electron chi connectivity index (χ1n) is 10.7. The van der Waals surface area contributed by atoms with Gasteiger partial charge in [-0.3, -0.25) is 19.2 Å². The van der Waals surface area contributed by atoms with Crippen LogP contribution in [0.2, 0.25) is 0 Å². The van der Waals surface area contributed by atoms with E-state index in [-0.39, 0.29) is 31.6 Å². The highest BCUT2D eigenvalue weighted by Gasteiger charge is 2.28. The van der Waals surface area contributed by atoms with Crippen LogP contribution in [0.3, 0.4) is 0 Å². The van der Waals surface area contributed by atoms with E-state index in [1.165, 1.54) is 24.3 Å². The summed E-state index contributed by atoms with van der Waals surface area (Å²) in [4.78, 5) is 49.3. The van der Waals surface area contributed by atoms with Crippen LogP contribution < -0.4 is 16.0 Å². The third-order valence-electron chi connectivity index (χ3n) is 4.79. The molecule has 34 heavy (non-hydrogen) atoms. The quantitative estimate of drug-likeness (QED) is 0.273. The highest BCUT2D eigenvalue weighted by atomic mass is 32.2. The zero-order valence-electron chi connectivity index (χ0n) is 19.4. The molecule has 1 aromatic rings. The number of carbonyl (C=O) groups excluding carboxylic acids is 4. The van der Waals surface area contributed by atoms with Gasteiger partial charge in [0.2, 0.25) is 17.7 Å². The van der Waals surface area contributed by atoms with Gasteiger partial charge in [0.05, 0.1) is 12.0 Å². The number of hydrogen-bond acceptors (Lipinski definition) is 7. The lowest BCUT2D eigenvalue weighted by atomic mass is 10.1. The van der Waals surface area contributed by atoms with Gasteiger partial charge in [-0.05, 0) is 30.5 Å². The fraction of sp³-hybridized carbons (Fsp3) is 0.500. The number of ketones is 1. The summed E-state index contributed by atoms with van der Waals surface area (Å²) in [7, 11) is -3.43. The number of rotatable bonds is 14. The van der Waals surface area contributed by atoms with Crippen molar-refractivity contribution < 1.29 is 32.0 Å². The van der Waals surface area contributed by atoms with Gasteiger partial charge in [-0.1, -0.05) is 26.0 Å². The minimum Gasteiger partial charge on any atom is -0.350 e. The number of Topliss-reactive ketones (excluding diaryl/α,β-unsaturated/α-hetero) is 1. The molecule has 12 heteroatoms. The van der Waals surface area contributed by atoms with Gasteiger partial charge in [-0.25, -0.2) is 12.8 Å². The minimum absolute atomic E-state index is 0.0333. The molecule has 0 saturated carbocycles. The Morgan fingerprint density at radius 2 is 1.53 bits per heavy atom. The summed E-state index contributed by atoms with van der Waals surface area (Å²) in [6.07, 6.45) is 1.09. The summed E-state index contributed by atoms with van der Waals surface area (Å²) in [5.74, 6) is -3.69. The molecule has 0 bridgehead atoms. The first-order chi connectivity index (χ1) is 15.8. The summed E-state index contributed by atoms with van der Waals surface area (Å²) in [5, 5.41) is 14.6. The molecule has 2 atom stereocenters. The lowest BCUT2D eigenvalue weighted by Gasteiger charge is -2.23. The number of amides is 3. The van der Waals surface area contributed by atoms with Crippen molar-refractivity contribution in [2.75, 3.05) is 12.0 Å². The number of halogens is 1. The minimum atomic E-state index is -3.43. The molecule has 1 rings (SSSR count). The number of carbonyl (C=O) groups is 4. The van der Waals surface area contributed by atoms with E-state index in [4.69, 9.17) is 5.41 Å². The molecule has 0 heterocycles. The summed E-state index contributed by atoms with van der Waals surface area (Å²) in [6.45, 7) is 3.25. The van der Waals surface area contributed by atoms with Gasteiger partial charge >= 0.3 is 0 Å². The Morgan fingerprint density at radius 1 is 0.971 bits per heavy atom. The maximum absolute atomic E-state index is 13.1. The van der Waals surface area contributed by atoms with Crippen molar-refractivity contribution in [3.05, 3.63) is 35.6 Å². The van der Waals surface area contributed by atoms with E-state index in [1.807, 2.05) is 0 Å². The lowest BCUT2D eigenvalue weighted by Crippen LogP contribution is -2.54. The van der Waals surface area contributed by atoms with E-state index in [0.29, 0.717) is 11.8 Å². The number of benzene rings is 1. The molecule has 0 unspecified atom stereocenters. The van der Waals surface area contributed by atoms with Gasteiger partial charge in [0.15, 0.2) is 5.78 Å². The van der Waals surface area contributed by atoms with Gasteiger partial charge in [0, 0.05) is 25.1 Å². The number of nitrogens with one attached hydrogen (secondary N) is 4. The average molecular weight is 499 g/mol. The molecular formula is C22H31FN4O6S. The van der Waals surface area contributed by atoms with Crippen molar-refractivity contribution in [2.45, 2.75) is 51.7 Å². The van der Waals surface area contributed by atoms with Crippen molar-refractivity contribution in [1.82, 2.24) is 16.0 Å². The van der Waals surface area contributed by atoms with E-state index >= 15 is 0 Å². The van der Waals surface area contributed by atoms with Crippen molar-refractivity contribution in [2.24, 2.45) is 5.92 Å². The SMILES string of the molecule is CC(C)C(=O)N[C@@H](CCS(C)(=O)=O)C(=O)N[C@@H](CCC(=O)C=N)C(=O)NCc1ccc(F)cc1. The Balaban J connectivity index is 2.97. The van der Waals surface area contributed by atoms with E-state index in [1.54, 1.807) is 13.8 Å². The molecule has 0 fully saturated rings. The molecule has 0 saturated heterocycles. The van der Waals surface area contributed by atoms with E-state index < -0.39 is 57.2 Å². The van der Waals surface area contributed by atoms with Gasteiger partial charge in [0.25, 0.3) is 0 Å². The van der Waals surface area contributed by atoms with Gasteiger partial charge in [0.1, 0.15) is 27.7 Å². The number of sulfone groups is 1. The normalized spacial score (nSPS) is 13.0. The molecule has 188 valence electrons. The smallest absolute Gasteiger partial charge is 0.243 e. The van der Waals surface area contributed by atoms with Crippen molar-refractivity contribution in [3.8, 4) is 0 Å². The maximum Gasteiger partial charge on any atom is 0.243 e. The Kier molecular flexibility index (Phi) is 11.5. The maximum atomic E-state index is 13.1. The largest absolute Gasteiger partial charge is 0.350 e. The predicted molar refractivity (Wildman–Crippen MR) is 124 cm³/mol. The van der Waals surface area contributed by atoms with Crippen LogP contribution in [-0.2, 0) is 35.6 Å². The number of hydrogen-bond donors (Lipinski definition) is 4. The van der Waals surface area contributed by atoms with Gasteiger partial charge in [-0.15, -0.1) is 0 Å². The zero-order chi connectivity index (χ0) is 25.9. The first-order valence-corrected chi connectivity index (χ1v) is 12.7. The monoisotopic (exact) mass is 498 g/mol. The second-order valence-electron chi connectivity index (χ2n) is 8.19. The molecule has 0 aromatic heterocycles. The summed E-state index contributed by atoms with van der Waals surface area (Å²) in [6, 6.07) is 3.01. The van der Waals surface area contributed by atoms with Crippen LogP contribution in [-0.4, -0.2) is 62.2 Å². The average Bonchev–Trinajstić information content (AvgIpc) is 2.77. The van der Waals surface area contributed by atoms with E-state index in [2.05, 4.69) is 16.0 Å². The molecule has 4 N–H and O–H groups in total. The van der Waals surface area contributed by atoms with Crippen LogP contribution in [0.15, 0.2) is 24.3 Å². The van der Waals surface area contributed by atoms with Crippen molar-refractivity contribution >= 4 is 39.6 Å². The Morgan fingerprint density at radius 3 is 2.06 bits per heavy atom. The zero-order valence-corrected chi connectivity index (χ0v) is 20.2. The van der Waals surface area contributed by atoms with Crippen LogP contribution in [0.4, 0.5) is 4.39 Å². The fourth-order valence-corrected chi connectivity index (χ4v) is 3.42. The Labute approximate surface area is 198 Å². The third kappa shape index (κ3) is 11.1. The Bertz CT molecular complexity index is 995. The fourth-order valence-electron chi connectivity index (χ4n) is 2.75. The van der Waals surface area contributed by atoms with Crippen LogP contribution >= 0.6 is 0 Å². The summed E-state index contributed by atoms with van der Waals surface area (Å²) >= 11 is 0. The van der Waals surface area contributed by atoms with E-state index in [9.17, 15) is 32.0 Å². The lowest BCUT2D eigenvalue weighted by molar-refractivity contribution is -0.133. The molecule has 0 spiro atoms. The summed E-state index contributed by atoms with van der Waals surface area (Å²) in [5.41, 5.74) is 0.602. The van der Waals surface area contributed by atoms with Crippen LogP contribution in [0, 0.1) is 17.1 Å². The molecule has 0 aliphatic carbocycles. The van der Waals surface area contributed by atoms with Gasteiger partial charge < -0.3 is 21.4 Å². The molecule has 10 nitrogen and oxygen atoms in total. The van der Waals surface area contributed by atoms with Crippen LogP contribution in [0.25, 0.3) is 0 Å². The van der Waals surface area contributed by atoms with E-state index in [0.717, 1.165) is 6.26 Å². The van der Waals surface area contributed by atoms with Crippen molar-refractivity contribution in [3.63, 3.8) is 0 Å². The topological polar surface area (TPSA) is 162 Å². The molecule has 0 aliphatic heterocycles. The second kappa shape index (κ2) is 13.5. The Hall–Kier alpha value is -3.15. The van der Waals surface area contributed by atoms with Crippen LogP contribution in [0.5, 0.6) is 0 Å². The highest BCUT2D eigenvalue weighted by Crippen LogP contribution is 2.06. The summed E-state index contributed by atoms with van der Waals surface area (Å²) < 4.78 is 36.2. The third-order valence-corrected chi connectivity index (χ3v) is 5.77.